The largest absolute Gasteiger partial charge is 0.396 e. The lowest BCUT2D eigenvalue weighted by molar-refractivity contribution is 0.288. The Morgan fingerprint density at radius 2 is 1.90 bits per heavy atom. The first kappa shape index (κ1) is 17.3. The van der Waals surface area contributed by atoms with Gasteiger partial charge in [-0.05, 0) is 26.2 Å². The van der Waals surface area contributed by atoms with Crippen LogP contribution in [0.3, 0.4) is 0 Å². The van der Waals surface area contributed by atoms with Crippen molar-refractivity contribution in [1.29, 1.82) is 0 Å². The summed E-state index contributed by atoms with van der Waals surface area (Å²) in [6.07, 6.45) is 0.528. The third-order valence-electron chi connectivity index (χ3n) is 3.23. The first-order valence-corrected chi connectivity index (χ1v) is 7.29. The third kappa shape index (κ3) is 4.10. The molecular weight excluding hydrogens is 272 g/mol. The summed E-state index contributed by atoms with van der Waals surface area (Å²) in [5, 5.41) is 9.00. The van der Waals surface area contributed by atoms with Gasteiger partial charge in [-0.25, -0.2) is 4.79 Å². The molecule has 0 saturated carbocycles. The highest BCUT2D eigenvalue weighted by atomic mass is 16.3. The summed E-state index contributed by atoms with van der Waals surface area (Å²) in [7, 11) is 0. The Morgan fingerprint density at radius 1 is 1.29 bits per heavy atom. The maximum Gasteiger partial charge on any atom is 0.330 e. The average Bonchev–Trinajstić information content (AvgIpc) is 2.37. The second-order valence-corrected chi connectivity index (χ2v) is 5.86. The minimum atomic E-state index is -0.485. The molecule has 7 nitrogen and oxygen atoms in total. The van der Waals surface area contributed by atoms with Crippen molar-refractivity contribution in [3.8, 4) is 0 Å². The highest BCUT2D eigenvalue weighted by Crippen LogP contribution is 2.20. The number of aromatic amines is 1. The van der Waals surface area contributed by atoms with E-state index >= 15 is 0 Å². The van der Waals surface area contributed by atoms with Crippen molar-refractivity contribution in [3.63, 3.8) is 0 Å². The van der Waals surface area contributed by atoms with Gasteiger partial charge in [0, 0.05) is 25.7 Å². The van der Waals surface area contributed by atoms with E-state index in [1.54, 1.807) is 0 Å². The van der Waals surface area contributed by atoms with E-state index in [9.17, 15) is 9.59 Å². The van der Waals surface area contributed by atoms with Crippen molar-refractivity contribution in [2.24, 2.45) is 5.92 Å². The zero-order chi connectivity index (χ0) is 16.2. The van der Waals surface area contributed by atoms with Crippen molar-refractivity contribution in [2.45, 2.75) is 46.7 Å². The zero-order valence-electron chi connectivity index (χ0n) is 13.2. The molecule has 0 aliphatic carbocycles. The van der Waals surface area contributed by atoms with E-state index in [0.717, 1.165) is 0 Å². The SMILES string of the molecule is CC(C)Cn1c(N)c(N(CCCO)C(C)C)c(=O)[nH]c1=O. The molecule has 120 valence electrons. The van der Waals surface area contributed by atoms with Crippen LogP contribution in [-0.2, 0) is 6.54 Å². The van der Waals surface area contributed by atoms with Crippen molar-refractivity contribution >= 4 is 11.5 Å². The Morgan fingerprint density at radius 3 is 2.38 bits per heavy atom. The fourth-order valence-electron chi connectivity index (χ4n) is 2.27. The third-order valence-corrected chi connectivity index (χ3v) is 3.23. The summed E-state index contributed by atoms with van der Waals surface area (Å²) in [6, 6.07) is 0.0324. The Kier molecular flexibility index (Phi) is 6.02. The van der Waals surface area contributed by atoms with E-state index in [-0.39, 0.29) is 24.4 Å². The van der Waals surface area contributed by atoms with E-state index in [1.165, 1.54) is 4.57 Å². The molecule has 0 spiro atoms. The molecule has 7 heteroatoms. The van der Waals surface area contributed by atoms with Crippen LogP contribution in [-0.4, -0.2) is 33.9 Å². The van der Waals surface area contributed by atoms with Gasteiger partial charge in [-0.1, -0.05) is 13.8 Å². The molecule has 0 amide bonds. The van der Waals surface area contributed by atoms with Crippen molar-refractivity contribution in [3.05, 3.63) is 20.8 Å². The van der Waals surface area contributed by atoms with Crippen LogP contribution in [0.5, 0.6) is 0 Å². The summed E-state index contributed by atoms with van der Waals surface area (Å²) < 4.78 is 1.40. The lowest BCUT2D eigenvalue weighted by Crippen LogP contribution is -2.42. The number of nitrogens with one attached hydrogen (secondary N) is 1. The number of nitrogens with zero attached hydrogens (tertiary/aromatic N) is 2. The Hall–Kier alpha value is -1.76. The minimum absolute atomic E-state index is 0.0324. The number of nitrogen functional groups attached to an aromatic ring is 1. The van der Waals surface area contributed by atoms with E-state index < -0.39 is 11.2 Å². The van der Waals surface area contributed by atoms with Crippen LogP contribution in [0, 0.1) is 5.92 Å². The fraction of sp³-hybridized carbons (Fsp3) is 0.714. The average molecular weight is 298 g/mol. The highest BCUT2D eigenvalue weighted by Gasteiger charge is 2.20. The van der Waals surface area contributed by atoms with Crippen LogP contribution in [0.25, 0.3) is 0 Å². The van der Waals surface area contributed by atoms with Gasteiger partial charge in [0.05, 0.1) is 0 Å². The maximum atomic E-state index is 12.2. The van der Waals surface area contributed by atoms with Crippen molar-refractivity contribution < 1.29 is 5.11 Å². The summed E-state index contributed by atoms with van der Waals surface area (Å²) >= 11 is 0. The monoisotopic (exact) mass is 298 g/mol. The summed E-state index contributed by atoms with van der Waals surface area (Å²) in [5.74, 6) is 0.415. The quantitative estimate of drug-likeness (QED) is 0.674. The van der Waals surface area contributed by atoms with Gasteiger partial charge in [0.25, 0.3) is 5.56 Å². The molecule has 0 aromatic carbocycles. The molecule has 21 heavy (non-hydrogen) atoms. The molecule has 1 rings (SSSR count). The molecule has 1 aromatic heterocycles. The Bertz CT molecular complexity index is 575. The lowest BCUT2D eigenvalue weighted by atomic mass is 10.2. The highest BCUT2D eigenvalue weighted by molar-refractivity contribution is 5.62. The predicted octanol–water partition coefficient (Wildman–Crippen LogP) is 0.372. The van der Waals surface area contributed by atoms with E-state index in [1.807, 2.05) is 32.6 Å². The number of hydrogen-bond acceptors (Lipinski definition) is 5. The van der Waals surface area contributed by atoms with E-state index in [2.05, 4.69) is 4.98 Å². The van der Waals surface area contributed by atoms with Gasteiger partial charge in [0.1, 0.15) is 11.5 Å². The standard InChI is InChI=1S/C14H26N4O3/c1-9(2)8-18-12(15)11(13(20)16-14(18)21)17(10(3)4)6-5-7-19/h9-10,19H,5-8,15H2,1-4H3,(H,16,20,21). The normalized spacial score (nSPS) is 11.4. The van der Waals surface area contributed by atoms with Gasteiger partial charge in [0.2, 0.25) is 0 Å². The number of rotatable bonds is 7. The molecule has 4 N–H and O–H groups in total. The van der Waals surface area contributed by atoms with E-state index in [0.29, 0.717) is 25.2 Å². The van der Waals surface area contributed by atoms with Gasteiger partial charge < -0.3 is 15.7 Å². The first-order chi connectivity index (χ1) is 9.79. The fourth-order valence-corrected chi connectivity index (χ4v) is 2.27. The molecule has 0 fully saturated rings. The van der Waals surface area contributed by atoms with Crippen LogP contribution in [0.4, 0.5) is 11.5 Å². The molecule has 0 saturated heterocycles. The van der Waals surface area contributed by atoms with Crippen LogP contribution in [0.1, 0.15) is 34.1 Å². The maximum absolute atomic E-state index is 12.2. The molecule has 0 aliphatic rings. The van der Waals surface area contributed by atoms with Crippen LogP contribution in [0.15, 0.2) is 9.59 Å². The van der Waals surface area contributed by atoms with Gasteiger partial charge in [0.15, 0.2) is 0 Å². The van der Waals surface area contributed by atoms with Crippen molar-refractivity contribution in [2.75, 3.05) is 23.8 Å². The molecule has 1 heterocycles. The molecule has 1 aromatic rings. The molecule has 0 radical (unpaired) electrons. The summed E-state index contributed by atoms with van der Waals surface area (Å²) in [6.45, 7) is 8.81. The van der Waals surface area contributed by atoms with E-state index in [4.69, 9.17) is 10.8 Å². The molecule has 0 unspecified atom stereocenters. The number of nitrogens with two attached hydrogens (primary N) is 1. The Labute approximate surface area is 124 Å². The number of H-pyrrole nitrogens is 1. The number of hydrogen-bond donors (Lipinski definition) is 3. The van der Waals surface area contributed by atoms with Gasteiger partial charge >= 0.3 is 5.69 Å². The molecule has 0 aliphatic heterocycles. The summed E-state index contributed by atoms with van der Waals surface area (Å²) in [5.41, 5.74) is 5.42. The minimum Gasteiger partial charge on any atom is -0.396 e. The topological polar surface area (TPSA) is 104 Å². The first-order valence-electron chi connectivity index (χ1n) is 7.29. The van der Waals surface area contributed by atoms with Crippen LogP contribution in [0.2, 0.25) is 0 Å². The molecular formula is C14H26N4O3. The number of aliphatic hydroxyl groups excluding tert-OH is 1. The van der Waals surface area contributed by atoms with Crippen LogP contribution < -0.4 is 21.9 Å². The molecule has 0 bridgehead atoms. The summed E-state index contributed by atoms with van der Waals surface area (Å²) in [4.78, 5) is 28.2. The van der Waals surface area contributed by atoms with Crippen molar-refractivity contribution in [1.82, 2.24) is 9.55 Å². The predicted molar refractivity (Wildman–Crippen MR) is 84.8 cm³/mol. The molecule has 0 atom stereocenters. The second kappa shape index (κ2) is 7.31. The smallest absolute Gasteiger partial charge is 0.330 e. The van der Waals surface area contributed by atoms with Gasteiger partial charge in [-0.3, -0.25) is 14.3 Å². The number of aromatic nitrogens is 2. The number of anilines is 2. The second-order valence-electron chi connectivity index (χ2n) is 5.86. The van der Waals surface area contributed by atoms with Gasteiger partial charge in [-0.15, -0.1) is 0 Å². The lowest BCUT2D eigenvalue weighted by Gasteiger charge is -2.29. The number of aliphatic hydroxyl groups is 1. The zero-order valence-corrected chi connectivity index (χ0v) is 13.2. The van der Waals surface area contributed by atoms with Gasteiger partial charge in [-0.2, -0.15) is 0 Å². The Balaban J connectivity index is 3.39. The van der Waals surface area contributed by atoms with Crippen LogP contribution >= 0.6 is 0 Å².